The number of nitrogens with one attached hydrogen (secondary N) is 1. The number of aliphatic hydroxyl groups is 1. The Hall–Kier alpha value is -3.56. The molecule has 4 rings (SSSR count). The minimum Gasteiger partial charge on any atom is -0.493 e. The monoisotopic (exact) mass is 566 g/mol. The highest BCUT2D eigenvalue weighted by Gasteiger charge is 2.34. The van der Waals surface area contributed by atoms with E-state index in [0.29, 0.717) is 30.9 Å². The largest absolute Gasteiger partial charge is 0.493 e. The van der Waals surface area contributed by atoms with Crippen molar-refractivity contribution in [2.24, 2.45) is 0 Å². The molecule has 1 fully saturated rings. The minimum atomic E-state index is -3.84. The van der Waals surface area contributed by atoms with Crippen molar-refractivity contribution in [3.8, 4) is 11.5 Å². The Bertz CT molecular complexity index is 1410. The Morgan fingerprint density at radius 3 is 2.40 bits per heavy atom. The molecule has 2 aliphatic rings. The average Bonchev–Trinajstić information content (AvgIpc) is 3.17. The molecule has 1 aliphatic heterocycles. The SMILES string of the molecule is C=C1CC[C@@H](Oc2ccc(N3CC(=O)NS3(=O)=O)cc2)C/C=C\C=C/1c1c(C)cc(OCCC(C)(C)O)cc1C. The van der Waals surface area contributed by atoms with Crippen LogP contribution in [0.2, 0.25) is 0 Å². The Balaban J connectivity index is 1.41. The van der Waals surface area contributed by atoms with Crippen LogP contribution in [0.4, 0.5) is 5.69 Å². The van der Waals surface area contributed by atoms with Crippen LogP contribution < -0.4 is 18.5 Å². The molecule has 0 radical (unpaired) electrons. The van der Waals surface area contributed by atoms with Crippen LogP contribution in [0.5, 0.6) is 11.5 Å². The number of allylic oxidation sites excluding steroid dienone is 4. The van der Waals surface area contributed by atoms with Crippen LogP contribution in [0.25, 0.3) is 5.57 Å². The van der Waals surface area contributed by atoms with E-state index in [-0.39, 0.29) is 12.6 Å². The summed E-state index contributed by atoms with van der Waals surface area (Å²) in [4.78, 5) is 11.5. The standard InChI is InChI=1S/C31H38N2O6S/c1-21-10-13-25(39-26-14-11-24(12-15-26)33-20-29(34)32-40(33,36)37)8-6-7-9-28(21)30-22(2)18-27(19-23(30)3)38-17-16-31(4,5)35/h6-7,9,11-12,14-15,18-19,25,35H,1,8,10,13,16-17,20H2,2-5H3,(H,32,34)/b7-6-,28-9+/t25-/m0/s1. The normalized spacial score (nSPS) is 21.5. The summed E-state index contributed by atoms with van der Waals surface area (Å²) in [5.41, 5.74) is 5.09. The van der Waals surface area contributed by atoms with Crippen molar-refractivity contribution in [1.29, 1.82) is 0 Å². The van der Waals surface area contributed by atoms with E-state index in [4.69, 9.17) is 9.47 Å². The molecule has 1 heterocycles. The third kappa shape index (κ3) is 7.34. The van der Waals surface area contributed by atoms with Crippen LogP contribution in [-0.4, -0.2) is 44.3 Å². The van der Waals surface area contributed by atoms with Gasteiger partial charge in [0, 0.05) is 12.8 Å². The van der Waals surface area contributed by atoms with Crippen molar-refractivity contribution in [1.82, 2.24) is 4.72 Å². The number of anilines is 1. The zero-order valence-corrected chi connectivity index (χ0v) is 24.4. The molecule has 40 heavy (non-hydrogen) atoms. The third-order valence-electron chi connectivity index (χ3n) is 6.95. The van der Waals surface area contributed by atoms with Crippen LogP contribution in [0, 0.1) is 13.8 Å². The number of carbonyl (C=O) groups is 1. The van der Waals surface area contributed by atoms with E-state index in [1.54, 1.807) is 38.1 Å². The summed E-state index contributed by atoms with van der Waals surface area (Å²) in [6, 6.07) is 10.8. The van der Waals surface area contributed by atoms with Gasteiger partial charge in [-0.3, -0.25) is 4.79 Å². The van der Waals surface area contributed by atoms with E-state index >= 15 is 0 Å². The lowest BCUT2D eigenvalue weighted by Crippen LogP contribution is -2.29. The lowest BCUT2D eigenvalue weighted by Gasteiger charge is -2.21. The van der Waals surface area contributed by atoms with Gasteiger partial charge in [-0.15, -0.1) is 0 Å². The predicted octanol–water partition coefficient (Wildman–Crippen LogP) is 5.15. The summed E-state index contributed by atoms with van der Waals surface area (Å²) in [6.45, 7) is 12.3. The second-order valence-corrected chi connectivity index (χ2v) is 12.6. The predicted molar refractivity (Wildman–Crippen MR) is 158 cm³/mol. The first-order chi connectivity index (χ1) is 18.8. The van der Waals surface area contributed by atoms with Crippen molar-refractivity contribution in [2.75, 3.05) is 17.5 Å². The van der Waals surface area contributed by atoms with Gasteiger partial charge >= 0.3 is 10.2 Å². The molecule has 0 aromatic heterocycles. The molecule has 0 unspecified atom stereocenters. The van der Waals surface area contributed by atoms with Crippen molar-refractivity contribution in [2.45, 2.75) is 65.1 Å². The fourth-order valence-electron chi connectivity index (χ4n) is 4.88. The summed E-state index contributed by atoms with van der Waals surface area (Å²) < 4.78 is 39.4. The van der Waals surface area contributed by atoms with Gasteiger partial charge in [0.15, 0.2) is 0 Å². The van der Waals surface area contributed by atoms with Crippen LogP contribution in [0.3, 0.4) is 0 Å². The summed E-state index contributed by atoms with van der Waals surface area (Å²) in [6.07, 6.45) is 8.92. The van der Waals surface area contributed by atoms with Crippen molar-refractivity contribution >= 4 is 27.4 Å². The molecule has 8 nitrogen and oxygen atoms in total. The van der Waals surface area contributed by atoms with E-state index in [1.807, 2.05) is 22.9 Å². The van der Waals surface area contributed by atoms with Gasteiger partial charge in [-0.2, -0.15) is 8.42 Å². The number of rotatable bonds is 8. The Morgan fingerprint density at radius 1 is 1.12 bits per heavy atom. The van der Waals surface area contributed by atoms with Crippen molar-refractivity contribution in [3.63, 3.8) is 0 Å². The van der Waals surface area contributed by atoms with Gasteiger partial charge in [-0.05, 0) is 105 Å². The quantitative estimate of drug-likeness (QED) is 0.458. The molecule has 2 aromatic carbocycles. The molecule has 0 spiro atoms. The van der Waals surface area contributed by atoms with E-state index in [1.165, 1.54) is 0 Å². The molecule has 0 saturated carbocycles. The van der Waals surface area contributed by atoms with E-state index in [2.05, 4.69) is 32.6 Å². The first-order valence-electron chi connectivity index (χ1n) is 13.4. The van der Waals surface area contributed by atoms with Gasteiger partial charge in [-0.1, -0.05) is 24.8 Å². The number of hydrogen-bond donors (Lipinski definition) is 2. The van der Waals surface area contributed by atoms with E-state index < -0.39 is 21.7 Å². The molecule has 1 amide bonds. The zero-order chi connectivity index (χ0) is 29.1. The number of aryl methyl sites for hydroxylation is 2. The lowest BCUT2D eigenvalue weighted by molar-refractivity contribution is -0.117. The maximum absolute atomic E-state index is 12.1. The van der Waals surface area contributed by atoms with Gasteiger partial charge in [0.25, 0.3) is 5.91 Å². The van der Waals surface area contributed by atoms with Gasteiger partial charge in [0.2, 0.25) is 0 Å². The van der Waals surface area contributed by atoms with E-state index in [0.717, 1.165) is 50.7 Å². The summed E-state index contributed by atoms with van der Waals surface area (Å²) in [7, 11) is -3.84. The summed E-state index contributed by atoms with van der Waals surface area (Å²) in [5, 5.41) is 9.95. The summed E-state index contributed by atoms with van der Waals surface area (Å²) >= 11 is 0. The van der Waals surface area contributed by atoms with Crippen LogP contribution >= 0.6 is 0 Å². The number of carbonyl (C=O) groups excluding carboxylic acids is 1. The zero-order valence-electron chi connectivity index (χ0n) is 23.6. The molecule has 2 N–H and O–H groups in total. The minimum absolute atomic E-state index is 0.0842. The molecule has 1 atom stereocenters. The highest BCUT2D eigenvalue weighted by atomic mass is 32.2. The fourth-order valence-corrected chi connectivity index (χ4v) is 6.03. The molecular formula is C31H38N2O6S. The number of amides is 1. The second-order valence-electron chi connectivity index (χ2n) is 11.0. The van der Waals surface area contributed by atoms with Crippen molar-refractivity contribution in [3.05, 3.63) is 83.5 Å². The van der Waals surface area contributed by atoms with Crippen LogP contribution in [-0.2, 0) is 15.0 Å². The summed E-state index contributed by atoms with van der Waals surface area (Å²) in [5.74, 6) is 0.864. The van der Waals surface area contributed by atoms with Gasteiger partial charge < -0.3 is 14.6 Å². The molecule has 1 saturated heterocycles. The van der Waals surface area contributed by atoms with E-state index in [9.17, 15) is 18.3 Å². The smallest absolute Gasteiger partial charge is 0.326 e. The third-order valence-corrected chi connectivity index (χ3v) is 8.36. The molecule has 0 bridgehead atoms. The molecule has 1 aliphatic carbocycles. The first-order valence-corrected chi connectivity index (χ1v) is 14.9. The molecule has 214 valence electrons. The maximum atomic E-state index is 12.1. The van der Waals surface area contributed by atoms with Crippen LogP contribution in [0.1, 0.15) is 56.2 Å². The fraction of sp³-hybridized carbons (Fsp3) is 0.387. The number of hydrogen-bond acceptors (Lipinski definition) is 6. The Labute approximate surface area is 237 Å². The molecule has 9 heteroatoms. The Kier molecular flexibility index (Phi) is 8.75. The average molecular weight is 567 g/mol. The first kappa shape index (κ1) is 29.4. The van der Waals surface area contributed by atoms with Crippen LogP contribution in [0.15, 0.2) is 66.8 Å². The van der Waals surface area contributed by atoms with Gasteiger partial charge in [0.05, 0.1) is 17.9 Å². The maximum Gasteiger partial charge on any atom is 0.326 e. The Morgan fingerprint density at radius 2 is 1.80 bits per heavy atom. The lowest BCUT2D eigenvalue weighted by atomic mass is 9.89. The second kappa shape index (κ2) is 11.9. The topological polar surface area (TPSA) is 105 Å². The number of ether oxygens (including phenoxy) is 2. The number of benzene rings is 2. The number of nitrogens with zero attached hydrogens (tertiary/aromatic N) is 1. The van der Waals surface area contributed by atoms with Crippen molar-refractivity contribution < 1.29 is 27.8 Å². The van der Waals surface area contributed by atoms with Gasteiger partial charge in [-0.25, -0.2) is 9.03 Å². The van der Waals surface area contributed by atoms with Gasteiger partial charge in [0.1, 0.15) is 24.1 Å². The highest BCUT2D eigenvalue weighted by Crippen LogP contribution is 2.35. The highest BCUT2D eigenvalue weighted by molar-refractivity contribution is 7.92. The molecule has 2 aromatic rings. The molecular weight excluding hydrogens is 528 g/mol.